The molecule has 0 amide bonds. The van der Waals surface area contributed by atoms with Gasteiger partial charge in [0, 0.05) is 5.56 Å². The van der Waals surface area contributed by atoms with E-state index in [9.17, 15) is 20.1 Å². The maximum atomic E-state index is 11.4. The number of aromatic carboxylic acids is 1. The summed E-state index contributed by atoms with van der Waals surface area (Å²) in [6.45, 7) is 3.36. The summed E-state index contributed by atoms with van der Waals surface area (Å²) in [5, 5.41) is 30.8. The zero-order chi connectivity index (χ0) is 27.1. The molecular weight excluding hydrogens is 480 g/mol. The third kappa shape index (κ3) is 6.18. The van der Waals surface area contributed by atoms with Gasteiger partial charge in [-0.1, -0.05) is 18.2 Å². The lowest BCUT2D eigenvalue weighted by molar-refractivity contribution is 0.0695. The summed E-state index contributed by atoms with van der Waals surface area (Å²) < 4.78 is 28.3. The molecule has 0 aliphatic carbocycles. The van der Waals surface area contributed by atoms with Crippen molar-refractivity contribution in [3.8, 4) is 34.5 Å². The van der Waals surface area contributed by atoms with Crippen molar-refractivity contribution in [3.63, 3.8) is 0 Å². The number of phenolic OH excluding ortho intramolecular Hbond substituents is 1. The van der Waals surface area contributed by atoms with Gasteiger partial charge in [0.1, 0.15) is 6.10 Å². The minimum Gasteiger partial charge on any atom is -0.504 e. The smallest absolute Gasteiger partial charge is 0.335 e. The number of para-hydroxylation sites is 1. The number of carboxylic acids is 1. The molecule has 198 valence electrons. The predicted molar refractivity (Wildman–Crippen MR) is 137 cm³/mol. The molecule has 9 nitrogen and oxygen atoms in total. The van der Waals surface area contributed by atoms with Crippen LogP contribution in [0.2, 0.25) is 0 Å². The Balaban J connectivity index is 2.15. The van der Waals surface area contributed by atoms with Crippen LogP contribution in [0.1, 0.15) is 41.3 Å². The average molecular weight is 513 g/mol. The summed E-state index contributed by atoms with van der Waals surface area (Å²) >= 11 is 0. The maximum Gasteiger partial charge on any atom is 0.335 e. The van der Waals surface area contributed by atoms with Crippen LogP contribution in [0.5, 0.6) is 34.5 Å². The molecular formula is C28H32O9. The van der Waals surface area contributed by atoms with Crippen LogP contribution in [0.3, 0.4) is 0 Å². The highest BCUT2D eigenvalue weighted by Crippen LogP contribution is 2.43. The highest BCUT2D eigenvalue weighted by atomic mass is 16.5. The van der Waals surface area contributed by atoms with Crippen LogP contribution in [-0.4, -0.2) is 61.4 Å². The summed E-state index contributed by atoms with van der Waals surface area (Å²) in [4.78, 5) is 11.4. The first-order valence-electron chi connectivity index (χ1n) is 11.6. The highest BCUT2D eigenvalue weighted by Gasteiger charge is 2.31. The monoisotopic (exact) mass is 512 g/mol. The van der Waals surface area contributed by atoms with E-state index < -0.39 is 24.6 Å². The number of carbonyl (C=O) groups is 1. The van der Waals surface area contributed by atoms with Gasteiger partial charge >= 0.3 is 5.97 Å². The zero-order valence-electron chi connectivity index (χ0n) is 21.4. The number of hydrogen-bond acceptors (Lipinski definition) is 8. The molecule has 0 aliphatic heterocycles. The van der Waals surface area contributed by atoms with E-state index in [1.807, 2.05) is 13.8 Å². The maximum absolute atomic E-state index is 11.4. The van der Waals surface area contributed by atoms with Gasteiger partial charge in [-0.3, -0.25) is 0 Å². The van der Waals surface area contributed by atoms with Gasteiger partial charge in [0.15, 0.2) is 34.5 Å². The molecule has 3 aromatic rings. The molecule has 3 aromatic carbocycles. The molecule has 0 saturated carbocycles. The Kier molecular flexibility index (Phi) is 9.08. The number of phenols is 1. The molecule has 37 heavy (non-hydrogen) atoms. The molecule has 2 unspecified atom stereocenters. The molecule has 0 spiro atoms. The van der Waals surface area contributed by atoms with Crippen molar-refractivity contribution < 1.29 is 43.8 Å². The van der Waals surface area contributed by atoms with E-state index in [0.717, 1.165) is 0 Å². The number of methoxy groups -OCH3 is 3. The topological polar surface area (TPSA) is 124 Å². The Morgan fingerprint density at radius 2 is 1.43 bits per heavy atom. The van der Waals surface area contributed by atoms with Crippen molar-refractivity contribution in [2.24, 2.45) is 0 Å². The average Bonchev–Trinajstić information content (AvgIpc) is 2.89. The Bertz CT molecular complexity index is 1220. The van der Waals surface area contributed by atoms with Crippen LogP contribution in [0.25, 0.3) is 0 Å². The zero-order valence-corrected chi connectivity index (χ0v) is 21.4. The number of rotatable bonds is 12. The Labute approximate surface area is 215 Å². The van der Waals surface area contributed by atoms with E-state index in [-0.39, 0.29) is 34.7 Å². The van der Waals surface area contributed by atoms with Crippen LogP contribution in [0.15, 0.2) is 54.6 Å². The fraction of sp³-hybridized carbons (Fsp3) is 0.321. The third-order valence-electron chi connectivity index (χ3n) is 5.74. The summed E-state index contributed by atoms with van der Waals surface area (Å²) in [6.07, 6.45) is -1.00. The Morgan fingerprint density at radius 1 is 0.811 bits per heavy atom. The first kappa shape index (κ1) is 27.5. The van der Waals surface area contributed by atoms with Gasteiger partial charge in [-0.2, -0.15) is 0 Å². The summed E-state index contributed by atoms with van der Waals surface area (Å²) in [5.41, 5.74) is 1.13. The van der Waals surface area contributed by atoms with Gasteiger partial charge in [-0.15, -0.1) is 0 Å². The van der Waals surface area contributed by atoms with E-state index in [0.29, 0.717) is 22.6 Å². The van der Waals surface area contributed by atoms with Crippen molar-refractivity contribution in [1.29, 1.82) is 0 Å². The number of carboxylic acid groups (broad SMARTS) is 1. The number of benzene rings is 3. The van der Waals surface area contributed by atoms with Gasteiger partial charge in [0.25, 0.3) is 0 Å². The van der Waals surface area contributed by atoms with Crippen LogP contribution < -0.4 is 23.7 Å². The Hall–Kier alpha value is -4.11. The van der Waals surface area contributed by atoms with Gasteiger partial charge in [-0.25, -0.2) is 4.79 Å². The van der Waals surface area contributed by atoms with Gasteiger partial charge < -0.3 is 39.0 Å². The highest BCUT2D eigenvalue weighted by molar-refractivity contribution is 5.88. The first-order chi connectivity index (χ1) is 17.7. The molecule has 9 heteroatoms. The number of aliphatic hydroxyl groups is 1. The normalized spacial score (nSPS) is 12.5. The molecule has 0 bridgehead atoms. The quantitative estimate of drug-likeness (QED) is 0.322. The van der Waals surface area contributed by atoms with Crippen molar-refractivity contribution in [2.75, 3.05) is 27.9 Å². The molecule has 3 N–H and O–H groups in total. The molecule has 3 rings (SSSR count). The minimum absolute atomic E-state index is 0.0252. The summed E-state index contributed by atoms with van der Waals surface area (Å²) in [6, 6.07) is 14.6. The minimum atomic E-state index is -1.11. The SMILES string of the molecule is COc1cc(C(c2cccc(OC)c2O)C(CO)Oc2ccc(C(=O)O)cc2OC)ccc1OC(C)C. The number of aliphatic hydroxyl groups excluding tert-OH is 1. The van der Waals surface area contributed by atoms with E-state index in [4.69, 9.17) is 23.7 Å². The van der Waals surface area contributed by atoms with Crippen LogP contribution in [0, 0.1) is 0 Å². The lowest BCUT2D eigenvalue weighted by atomic mass is 9.85. The van der Waals surface area contributed by atoms with Gasteiger partial charge in [-0.05, 0) is 55.8 Å². The molecule has 0 radical (unpaired) electrons. The second-order valence-corrected chi connectivity index (χ2v) is 8.46. The summed E-state index contributed by atoms with van der Waals surface area (Å²) in [7, 11) is 4.37. The fourth-order valence-electron chi connectivity index (χ4n) is 4.05. The van der Waals surface area contributed by atoms with Crippen molar-refractivity contribution in [1.82, 2.24) is 0 Å². The molecule has 0 fully saturated rings. The second-order valence-electron chi connectivity index (χ2n) is 8.46. The van der Waals surface area contributed by atoms with Gasteiger partial charge in [0.2, 0.25) is 0 Å². The van der Waals surface area contributed by atoms with Crippen LogP contribution >= 0.6 is 0 Å². The van der Waals surface area contributed by atoms with E-state index >= 15 is 0 Å². The van der Waals surface area contributed by atoms with Crippen LogP contribution in [-0.2, 0) is 0 Å². The lowest BCUT2D eigenvalue weighted by Gasteiger charge is -2.29. The third-order valence-corrected chi connectivity index (χ3v) is 5.74. The van der Waals surface area contributed by atoms with E-state index in [2.05, 4.69) is 0 Å². The lowest BCUT2D eigenvalue weighted by Crippen LogP contribution is -2.30. The molecule has 0 aromatic heterocycles. The molecule has 0 saturated heterocycles. The van der Waals surface area contributed by atoms with Gasteiger partial charge in [0.05, 0.1) is 45.5 Å². The van der Waals surface area contributed by atoms with Crippen LogP contribution in [0.4, 0.5) is 0 Å². The van der Waals surface area contributed by atoms with Crippen molar-refractivity contribution in [2.45, 2.75) is 32.0 Å². The van der Waals surface area contributed by atoms with Crippen molar-refractivity contribution in [3.05, 3.63) is 71.3 Å². The molecule has 0 aliphatic rings. The molecule has 0 heterocycles. The predicted octanol–water partition coefficient (Wildman–Crippen LogP) is 4.48. The summed E-state index contributed by atoms with van der Waals surface area (Å²) in [5.74, 6) is -0.234. The number of ether oxygens (including phenoxy) is 5. The largest absolute Gasteiger partial charge is 0.504 e. The second kappa shape index (κ2) is 12.2. The van der Waals surface area contributed by atoms with Crippen molar-refractivity contribution >= 4 is 5.97 Å². The Morgan fingerprint density at radius 3 is 2.03 bits per heavy atom. The molecule has 2 atom stereocenters. The number of aromatic hydroxyl groups is 1. The van der Waals surface area contributed by atoms with E-state index in [1.54, 1.807) is 36.4 Å². The number of hydrogen-bond donors (Lipinski definition) is 3. The fourth-order valence-corrected chi connectivity index (χ4v) is 4.05. The standard InChI is InChI=1S/C28H32O9/c1-16(2)36-20-11-9-17(13-23(20)34-4)26(19-7-6-8-22(33-3)27(19)30)25(15-29)37-21-12-10-18(28(31)32)14-24(21)35-5/h6-14,16,25-26,29-30H,15H2,1-5H3,(H,31,32). The van der Waals surface area contributed by atoms with E-state index in [1.165, 1.54) is 39.5 Å². The first-order valence-corrected chi connectivity index (χ1v) is 11.6.